The van der Waals surface area contributed by atoms with E-state index >= 15 is 0 Å². The van der Waals surface area contributed by atoms with Gasteiger partial charge in [0.25, 0.3) is 0 Å². The summed E-state index contributed by atoms with van der Waals surface area (Å²) in [5, 5.41) is 3.40. The highest BCUT2D eigenvalue weighted by atomic mass is 16.5. The lowest BCUT2D eigenvalue weighted by atomic mass is 9.90. The summed E-state index contributed by atoms with van der Waals surface area (Å²) < 4.78 is 5.62. The molecule has 2 aliphatic rings. The number of nitrogens with one attached hydrogen (secondary N) is 1. The molecule has 0 aromatic heterocycles. The molecular formula is C12H21NO. The zero-order chi connectivity index (χ0) is 9.80. The van der Waals surface area contributed by atoms with Gasteiger partial charge in [0.1, 0.15) is 0 Å². The fourth-order valence-corrected chi connectivity index (χ4v) is 2.44. The van der Waals surface area contributed by atoms with Crippen molar-refractivity contribution in [2.45, 2.75) is 38.7 Å². The first kappa shape index (κ1) is 10.2. The largest absolute Gasteiger partial charge is 0.374 e. The Kier molecular flexibility index (Phi) is 3.60. The van der Waals surface area contributed by atoms with E-state index in [1.165, 1.54) is 38.8 Å². The van der Waals surface area contributed by atoms with Crippen molar-refractivity contribution in [3.63, 3.8) is 0 Å². The van der Waals surface area contributed by atoms with Gasteiger partial charge in [0.05, 0.1) is 6.10 Å². The summed E-state index contributed by atoms with van der Waals surface area (Å²) >= 11 is 0. The summed E-state index contributed by atoms with van der Waals surface area (Å²) in [5.74, 6) is 0.806. The highest BCUT2D eigenvalue weighted by Crippen LogP contribution is 2.23. The van der Waals surface area contributed by atoms with Gasteiger partial charge >= 0.3 is 0 Å². The van der Waals surface area contributed by atoms with Crippen molar-refractivity contribution in [1.82, 2.24) is 5.32 Å². The molecule has 80 valence electrons. The molecule has 1 atom stereocenters. The van der Waals surface area contributed by atoms with Gasteiger partial charge in [-0.15, -0.1) is 0 Å². The second kappa shape index (κ2) is 4.94. The Balaban J connectivity index is 1.87. The minimum absolute atomic E-state index is 0.421. The molecule has 1 N–H and O–H groups in total. The maximum Gasteiger partial charge on any atom is 0.0759 e. The summed E-state index contributed by atoms with van der Waals surface area (Å²) in [4.78, 5) is 0. The third kappa shape index (κ3) is 2.58. The first-order valence-electron chi connectivity index (χ1n) is 5.87. The molecule has 1 unspecified atom stereocenters. The molecule has 0 aromatic rings. The van der Waals surface area contributed by atoms with Gasteiger partial charge < -0.3 is 10.1 Å². The molecule has 14 heavy (non-hydrogen) atoms. The molecule has 0 radical (unpaired) electrons. The number of ether oxygens (including phenoxy) is 1. The molecule has 2 rings (SSSR count). The molecule has 2 aliphatic heterocycles. The second-order valence-electron chi connectivity index (χ2n) is 4.49. The van der Waals surface area contributed by atoms with Gasteiger partial charge in [0, 0.05) is 6.61 Å². The van der Waals surface area contributed by atoms with Crippen molar-refractivity contribution in [1.29, 1.82) is 0 Å². The van der Waals surface area contributed by atoms with Crippen molar-refractivity contribution in [3.8, 4) is 0 Å². The first-order chi connectivity index (χ1) is 6.86. The van der Waals surface area contributed by atoms with Crippen molar-refractivity contribution < 1.29 is 4.74 Å². The highest BCUT2D eigenvalue weighted by molar-refractivity contribution is 5.08. The van der Waals surface area contributed by atoms with Crippen LogP contribution in [0.25, 0.3) is 0 Å². The van der Waals surface area contributed by atoms with Gasteiger partial charge in [0.2, 0.25) is 0 Å². The summed E-state index contributed by atoms with van der Waals surface area (Å²) in [5.41, 5.74) is 1.55. The molecule has 0 spiro atoms. The van der Waals surface area contributed by atoms with Crippen molar-refractivity contribution in [2.24, 2.45) is 5.92 Å². The summed E-state index contributed by atoms with van der Waals surface area (Å²) in [7, 11) is 0. The van der Waals surface area contributed by atoms with E-state index in [1.807, 2.05) is 0 Å². The molecule has 2 nitrogen and oxygen atoms in total. The third-order valence-corrected chi connectivity index (χ3v) is 3.40. The zero-order valence-corrected chi connectivity index (χ0v) is 9.09. The number of rotatable bonds is 2. The molecule has 0 amide bonds. The Hall–Kier alpha value is -0.340. The quantitative estimate of drug-likeness (QED) is 0.681. The maximum absolute atomic E-state index is 5.62. The van der Waals surface area contributed by atoms with E-state index in [2.05, 4.69) is 18.3 Å². The number of hydrogen-bond acceptors (Lipinski definition) is 2. The summed E-state index contributed by atoms with van der Waals surface area (Å²) in [6.07, 6.45) is 7.85. The van der Waals surface area contributed by atoms with Crippen LogP contribution >= 0.6 is 0 Å². The van der Waals surface area contributed by atoms with Gasteiger partial charge in [-0.3, -0.25) is 0 Å². The molecule has 0 saturated carbocycles. The van der Waals surface area contributed by atoms with Gasteiger partial charge in [-0.05, 0) is 51.6 Å². The van der Waals surface area contributed by atoms with Gasteiger partial charge in [-0.2, -0.15) is 0 Å². The fourth-order valence-electron chi connectivity index (χ4n) is 2.44. The van der Waals surface area contributed by atoms with E-state index in [9.17, 15) is 0 Å². The van der Waals surface area contributed by atoms with E-state index in [0.29, 0.717) is 6.10 Å². The van der Waals surface area contributed by atoms with Crippen LogP contribution < -0.4 is 5.32 Å². The molecule has 0 aliphatic carbocycles. The van der Waals surface area contributed by atoms with Gasteiger partial charge in [-0.1, -0.05) is 11.6 Å². The third-order valence-electron chi connectivity index (χ3n) is 3.40. The number of allylic oxidation sites excluding steroid dienone is 1. The average Bonchev–Trinajstić information content (AvgIpc) is 2.72. The normalized spacial score (nSPS) is 30.9. The molecular weight excluding hydrogens is 174 g/mol. The SMILES string of the molecule is C/C(=C/C1CCCO1)C1CCNCC1. The maximum atomic E-state index is 5.62. The molecule has 2 fully saturated rings. The minimum atomic E-state index is 0.421. The van der Waals surface area contributed by atoms with Crippen molar-refractivity contribution in [3.05, 3.63) is 11.6 Å². The van der Waals surface area contributed by atoms with Crippen LogP contribution in [0.4, 0.5) is 0 Å². The monoisotopic (exact) mass is 195 g/mol. The Morgan fingerprint density at radius 2 is 2.07 bits per heavy atom. The lowest BCUT2D eigenvalue weighted by Gasteiger charge is -2.24. The smallest absolute Gasteiger partial charge is 0.0759 e. The van der Waals surface area contributed by atoms with E-state index in [-0.39, 0.29) is 0 Å². The van der Waals surface area contributed by atoms with Crippen molar-refractivity contribution in [2.75, 3.05) is 19.7 Å². The lowest BCUT2D eigenvalue weighted by molar-refractivity contribution is 0.144. The number of piperidine rings is 1. The number of hydrogen-bond donors (Lipinski definition) is 1. The molecule has 0 bridgehead atoms. The Morgan fingerprint density at radius 3 is 2.71 bits per heavy atom. The van der Waals surface area contributed by atoms with E-state index in [0.717, 1.165) is 12.5 Å². The Morgan fingerprint density at radius 1 is 1.29 bits per heavy atom. The van der Waals surface area contributed by atoms with Crippen LogP contribution in [0, 0.1) is 5.92 Å². The highest BCUT2D eigenvalue weighted by Gasteiger charge is 2.18. The van der Waals surface area contributed by atoms with Crippen LogP contribution in [0.1, 0.15) is 32.6 Å². The van der Waals surface area contributed by atoms with Crippen LogP contribution in [0.15, 0.2) is 11.6 Å². The van der Waals surface area contributed by atoms with Gasteiger partial charge in [-0.25, -0.2) is 0 Å². The van der Waals surface area contributed by atoms with Crippen LogP contribution in [-0.4, -0.2) is 25.8 Å². The van der Waals surface area contributed by atoms with E-state index in [4.69, 9.17) is 4.74 Å². The Labute approximate surface area is 86.7 Å². The minimum Gasteiger partial charge on any atom is -0.374 e. The van der Waals surface area contributed by atoms with Crippen molar-refractivity contribution >= 4 is 0 Å². The zero-order valence-electron chi connectivity index (χ0n) is 9.09. The fraction of sp³-hybridized carbons (Fsp3) is 0.833. The predicted molar refractivity (Wildman–Crippen MR) is 58.3 cm³/mol. The molecule has 2 heterocycles. The standard InChI is InChI=1S/C12H21NO/c1-10(9-12-3-2-8-14-12)11-4-6-13-7-5-11/h9,11-13H,2-8H2,1H3/b10-9-. The average molecular weight is 195 g/mol. The van der Waals surface area contributed by atoms with E-state index < -0.39 is 0 Å². The van der Waals surface area contributed by atoms with Gasteiger partial charge in [0.15, 0.2) is 0 Å². The summed E-state index contributed by atoms with van der Waals surface area (Å²) in [6, 6.07) is 0. The van der Waals surface area contributed by atoms with Crippen LogP contribution in [0.3, 0.4) is 0 Å². The van der Waals surface area contributed by atoms with Crippen LogP contribution in [0.2, 0.25) is 0 Å². The summed E-state index contributed by atoms with van der Waals surface area (Å²) in [6.45, 7) is 5.60. The van der Waals surface area contributed by atoms with Crippen LogP contribution in [-0.2, 0) is 4.74 Å². The Bertz CT molecular complexity index is 200. The lowest BCUT2D eigenvalue weighted by Crippen LogP contribution is -2.28. The molecule has 2 saturated heterocycles. The second-order valence-corrected chi connectivity index (χ2v) is 4.49. The first-order valence-corrected chi connectivity index (χ1v) is 5.87. The molecule has 2 heteroatoms. The molecule has 0 aromatic carbocycles. The van der Waals surface area contributed by atoms with E-state index in [1.54, 1.807) is 5.57 Å². The topological polar surface area (TPSA) is 21.3 Å². The van der Waals surface area contributed by atoms with Crippen LogP contribution in [0.5, 0.6) is 0 Å². The predicted octanol–water partition coefficient (Wildman–Crippen LogP) is 2.11.